The van der Waals surface area contributed by atoms with Crippen LogP contribution in [0.5, 0.6) is 5.75 Å². The molecule has 7 heteroatoms. The van der Waals surface area contributed by atoms with Crippen molar-refractivity contribution in [3.63, 3.8) is 0 Å². The van der Waals surface area contributed by atoms with Crippen LogP contribution >= 0.6 is 0 Å². The Kier molecular flexibility index (Phi) is 4.54. The zero-order chi connectivity index (χ0) is 19.7. The van der Waals surface area contributed by atoms with Crippen LogP contribution in [0.2, 0.25) is 0 Å². The number of ether oxygens (including phenoxy) is 1. The Labute approximate surface area is 162 Å². The van der Waals surface area contributed by atoms with E-state index in [-0.39, 0.29) is 4.90 Å². The molecule has 0 saturated carbocycles. The molecule has 1 unspecified atom stereocenters. The van der Waals surface area contributed by atoms with Gasteiger partial charge >= 0.3 is 0 Å². The fourth-order valence-electron chi connectivity index (χ4n) is 3.24. The molecular formula is C21H16N2O4S. The van der Waals surface area contributed by atoms with Crippen LogP contribution in [0.15, 0.2) is 77.8 Å². The Morgan fingerprint density at radius 1 is 0.964 bits per heavy atom. The van der Waals surface area contributed by atoms with Crippen LogP contribution in [0.1, 0.15) is 22.7 Å². The number of carbonyl (C=O) groups is 1. The van der Waals surface area contributed by atoms with Gasteiger partial charge in [-0.05, 0) is 42.5 Å². The molecule has 1 aliphatic heterocycles. The lowest BCUT2D eigenvalue weighted by atomic mass is 9.85. The maximum Gasteiger partial charge on any atom is 0.238 e. The molecule has 28 heavy (non-hydrogen) atoms. The highest BCUT2D eigenvalue weighted by molar-refractivity contribution is 7.89. The molecule has 2 heterocycles. The van der Waals surface area contributed by atoms with Crippen LogP contribution in [-0.4, -0.2) is 19.7 Å². The van der Waals surface area contributed by atoms with E-state index in [4.69, 9.17) is 9.88 Å². The first kappa shape index (κ1) is 18.1. The summed E-state index contributed by atoms with van der Waals surface area (Å²) >= 11 is 0. The number of nitrogens with two attached hydrogens (primary N) is 1. The van der Waals surface area contributed by atoms with E-state index in [0.29, 0.717) is 28.3 Å². The second-order valence-electron chi connectivity index (χ2n) is 6.28. The largest absolute Gasteiger partial charge is 0.456 e. The van der Waals surface area contributed by atoms with Gasteiger partial charge in [0.1, 0.15) is 17.8 Å². The van der Waals surface area contributed by atoms with E-state index >= 15 is 0 Å². The van der Waals surface area contributed by atoms with Gasteiger partial charge in [-0.15, -0.1) is 0 Å². The van der Waals surface area contributed by atoms with E-state index in [0.717, 1.165) is 11.8 Å². The fraction of sp³-hybridized carbons (Fsp3) is 0.0476. The van der Waals surface area contributed by atoms with Gasteiger partial charge in [0.15, 0.2) is 0 Å². The predicted octanol–water partition coefficient (Wildman–Crippen LogP) is 2.97. The van der Waals surface area contributed by atoms with E-state index in [9.17, 15) is 13.2 Å². The van der Waals surface area contributed by atoms with E-state index in [1.165, 1.54) is 12.1 Å². The first-order valence-corrected chi connectivity index (χ1v) is 10.0. The average molecular weight is 392 g/mol. The minimum absolute atomic E-state index is 0.000571. The molecule has 1 aromatic heterocycles. The van der Waals surface area contributed by atoms with Gasteiger partial charge in [-0.3, -0.25) is 4.98 Å². The second kappa shape index (κ2) is 7.03. The molecule has 3 aromatic rings. The molecule has 0 fully saturated rings. The Balaban J connectivity index is 1.94. The van der Waals surface area contributed by atoms with E-state index < -0.39 is 15.9 Å². The number of hydrogen-bond acceptors (Lipinski definition) is 5. The number of aldehydes is 1. The lowest BCUT2D eigenvalue weighted by molar-refractivity contribution is -0.108. The maximum absolute atomic E-state index is 12.1. The summed E-state index contributed by atoms with van der Waals surface area (Å²) in [6, 6.07) is 18.8. The quantitative estimate of drug-likeness (QED) is 0.688. The zero-order valence-corrected chi connectivity index (χ0v) is 15.5. The van der Waals surface area contributed by atoms with Crippen LogP contribution < -0.4 is 9.88 Å². The summed E-state index contributed by atoms with van der Waals surface area (Å²) in [6.45, 7) is 0. The van der Waals surface area contributed by atoms with Gasteiger partial charge < -0.3 is 9.53 Å². The van der Waals surface area contributed by atoms with Crippen LogP contribution in [0.25, 0.3) is 11.3 Å². The average Bonchev–Trinajstić information content (AvgIpc) is 2.72. The van der Waals surface area contributed by atoms with E-state index in [2.05, 4.69) is 4.98 Å². The smallest absolute Gasteiger partial charge is 0.238 e. The van der Waals surface area contributed by atoms with Crippen LogP contribution in [0.3, 0.4) is 0 Å². The number of sulfonamides is 1. The molecule has 2 aromatic carbocycles. The summed E-state index contributed by atoms with van der Waals surface area (Å²) in [5, 5.41) is 5.18. The van der Waals surface area contributed by atoms with Crippen molar-refractivity contribution < 1.29 is 17.9 Å². The number of primary sulfonamides is 1. The van der Waals surface area contributed by atoms with Crippen molar-refractivity contribution in [2.75, 3.05) is 0 Å². The first-order chi connectivity index (χ1) is 13.5. The van der Waals surface area contributed by atoms with Crippen molar-refractivity contribution in [2.24, 2.45) is 5.14 Å². The first-order valence-electron chi connectivity index (χ1n) is 8.50. The van der Waals surface area contributed by atoms with Gasteiger partial charge in [0.05, 0.1) is 16.5 Å². The molecule has 2 N–H and O–H groups in total. The molecule has 0 amide bonds. The van der Waals surface area contributed by atoms with E-state index in [1.807, 2.05) is 30.3 Å². The number of pyridine rings is 1. The zero-order valence-electron chi connectivity index (χ0n) is 14.6. The third-order valence-electron chi connectivity index (χ3n) is 4.54. The number of carbonyl (C=O) groups excluding carboxylic acids is 1. The van der Waals surface area contributed by atoms with Gasteiger partial charge in [0.25, 0.3) is 0 Å². The lowest BCUT2D eigenvalue weighted by Gasteiger charge is -2.28. The molecule has 0 saturated heterocycles. The molecule has 6 nitrogen and oxygen atoms in total. The Morgan fingerprint density at radius 2 is 1.68 bits per heavy atom. The van der Waals surface area contributed by atoms with Gasteiger partial charge in [-0.25, -0.2) is 13.6 Å². The molecule has 140 valence electrons. The highest BCUT2D eigenvalue weighted by Gasteiger charge is 2.31. The Bertz CT molecular complexity index is 1170. The van der Waals surface area contributed by atoms with Gasteiger partial charge in [-0.2, -0.15) is 0 Å². The molecule has 0 aliphatic carbocycles. The van der Waals surface area contributed by atoms with Crippen LogP contribution in [0, 0.1) is 0 Å². The minimum atomic E-state index is -3.81. The summed E-state index contributed by atoms with van der Waals surface area (Å²) in [5.74, 6) is 0.466. The third kappa shape index (κ3) is 3.21. The summed E-state index contributed by atoms with van der Waals surface area (Å²) in [7, 11) is -3.81. The number of benzene rings is 2. The summed E-state index contributed by atoms with van der Waals surface area (Å²) < 4.78 is 29.2. The van der Waals surface area contributed by atoms with E-state index in [1.54, 1.807) is 30.5 Å². The normalized spacial score (nSPS) is 16.2. The number of aromatic nitrogens is 1. The number of para-hydroxylation sites is 1. The third-order valence-corrected chi connectivity index (χ3v) is 5.47. The SMILES string of the molecule is NS(=O)(=O)c1ccc(C2=C(c3ccccn3)C(C=O)c3ccccc3O2)cc1. The van der Waals surface area contributed by atoms with Gasteiger partial charge in [-0.1, -0.05) is 24.3 Å². The molecule has 1 aliphatic rings. The molecule has 0 radical (unpaired) electrons. The number of fused-ring (bicyclic) bond motifs is 1. The molecular weight excluding hydrogens is 376 g/mol. The monoisotopic (exact) mass is 392 g/mol. The summed E-state index contributed by atoms with van der Waals surface area (Å²) in [6.07, 6.45) is 2.51. The standard InChI is InChI=1S/C21H16N2O4S/c22-28(25,26)15-10-8-14(9-11-15)21-20(18-6-3-4-12-23-18)17(13-24)16-5-1-2-7-19(16)27-21/h1-13,17H,(H2,22,25,26). The number of nitrogens with zero attached hydrogens (tertiary/aromatic N) is 1. The van der Waals surface area contributed by atoms with Gasteiger partial charge in [0.2, 0.25) is 10.0 Å². The number of rotatable bonds is 4. The summed E-state index contributed by atoms with van der Waals surface area (Å²) in [4.78, 5) is 16.4. The molecule has 1 atom stereocenters. The van der Waals surface area contributed by atoms with Crippen molar-refractivity contribution in [3.05, 3.63) is 89.7 Å². The highest BCUT2D eigenvalue weighted by Crippen LogP contribution is 2.45. The second-order valence-corrected chi connectivity index (χ2v) is 7.84. The molecule has 0 bridgehead atoms. The molecule has 0 spiro atoms. The van der Waals surface area contributed by atoms with Crippen molar-refractivity contribution in [1.29, 1.82) is 0 Å². The van der Waals surface area contributed by atoms with Crippen LogP contribution in [0.4, 0.5) is 0 Å². The Hall–Kier alpha value is -3.29. The highest BCUT2D eigenvalue weighted by atomic mass is 32.2. The van der Waals surface area contributed by atoms with Crippen LogP contribution in [-0.2, 0) is 14.8 Å². The van der Waals surface area contributed by atoms with Gasteiger partial charge in [0, 0.05) is 22.9 Å². The van der Waals surface area contributed by atoms with Crippen molar-refractivity contribution in [2.45, 2.75) is 10.8 Å². The minimum Gasteiger partial charge on any atom is -0.456 e. The van der Waals surface area contributed by atoms with Crippen molar-refractivity contribution in [3.8, 4) is 5.75 Å². The Morgan fingerprint density at radius 3 is 2.32 bits per heavy atom. The maximum atomic E-state index is 12.1. The summed E-state index contributed by atoms with van der Waals surface area (Å²) in [5.41, 5.74) is 2.61. The topological polar surface area (TPSA) is 99.4 Å². The van der Waals surface area contributed by atoms with Crippen molar-refractivity contribution >= 4 is 27.6 Å². The lowest BCUT2D eigenvalue weighted by Crippen LogP contribution is -2.16. The number of hydrogen-bond donors (Lipinski definition) is 1. The fourth-order valence-corrected chi connectivity index (χ4v) is 3.76. The number of allylic oxidation sites excluding steroid dienone is 1. The molecule has 4 rings (SSSR count). The van der Waals surface area contributed by atoms with Crippen molar-refractivity contribution in [1.82, 2.24) is 4.98 Å². The predicted molar refractivity (Wildman–Crippen MR) is 105 cm³/mol.